The molecule has 102 valence electrons. The maximum absolute atomic E-state index is 6.35. The monoisotopic (exact) mass is 303 g/mol. The molecule has 0 saturated heterocycles. The van der Waals surface area contributed by atoms with Crippen LogP contribution in [0.3, 0.4) is 0 Å². The van der Waals surface area contributed by atoms with Crippen molar-refractivity contribution < 1.29 is 0 Å². The van der Waals surface area contributed by atoms with Gasteiger partial charge in [-0.25, -0.2) is 9.97 Å². The van der Waals surface area contributed by atoms with Crippen molar-refractivity contribution in [2.75, 3.05) is 0 Å². The first kappa shape index (κ1) is 13.5. The summed E-state index contributed by atoms with van der Waals surface area (Å²) in [6, 6.07) is 3.98. The Kier molecular flexibility index (Phi) is 3.44. The van der Waals surface area contributed by atoms with Crippen molar-refractivity contribution in [2.24, 2.45) is 0 Å². The smallest absolute Gasteiger partial charge is 0.181 e. The Bertz CT molecular complexity index is 795. The highest BCUT2D eigenvalue weighted by atomic mass is 35.5. The average Bonchev–Trinajstić information content (AvgIpc) is 2.74. The first-order valence-corrected chi connectivity index (χ1v) is 7.68. The summed E-state index contributed by atoms with van der Waals surface area (Å²) in [6.45, 7) is 6.23. The van der Waals surface area contributed by atoms with Crippen LogP contribution in [0.1, 0.15) is 22.9 Å². The Morgan fingerprint density at radius 1 is 1.25 bits per heavy atom. The van der Waals surface area contributed by atoms with Crippen LogP contribution in [0, 0.1) is 13.8 Å². The van der Waals surface area contributed by atoms with Gasteiger partial charge in [0.2, 0.25) is 0 Å². The summed E-state index contributed by atoms with van der Waals surface area (Å²) < 4.78 is 0. The third kappa shape index (κ3) is 2.09. The summed E-state index contributed by atoms with van der Waals surface area (Å²) in [4.78, 5) is 15.7. The number of aromatic nitrogens is 3. The number of hydrogen-bond acceptors (Lipinski definition) is 4. The van der Waals surface area contributed by atoms with Gasteiger partial charge in [0.05, 0.1) is 5.39 Å². The van der Waals surface area contributed by atoms with Crippen LogP contribution in [0.15, 0.2) is 18.3 Å². The lowest BCUT2D eigenvalue weighted by Crippen LogP contribution is -1.97. The minimum Gasteiger partial charge on any atom is -0.253 e. The van der Waals surface area contributed by atoms with Crippen LogP contribution in [0.25, 0.3) is 21.7 Å². The van der Waals surface area contributed by atoms with Crippen molar-refractivity contribution in [1.82, 2.24) is 15.0 Å². The van der Waals surface area contributed by atoms with E-state index in [0.717, 1.165) is 27.9 Å². The van der Waals surface area contributed by atoms with E-state index in [-0.39, 0.29) is 0 Å². The summed E-state index contributed by atoms with van der Waals surface area (Å²) >= 11 is 8.01. The molecule has 0 aliphatic rings. The second-order valence-electron chi connectivity index (χ2n) is 4.67. The maximum atomic E-state index is 6.35. The molecule has 0 aliphatic carbocycles. The van der Waals surface area contributed by atoms with Gasteiger partial charge in [-0.3, -0.25) is 4.98 Å². The minimum absolute atomic E-state index is 0.513. The second-order valence-corrected chi connectivity index (χ2v) is 6.23. The number of aryl methyl sites for hydroxylation is 3. The Balaban J connectivity index is 2.28. The largest absolute Gasteiger partial charge is 0.253 e. The van der Waals surface area contributed by atoms with Crippen LogP contribution < -0.4 is 0 Å². The van der Waals surface area contributed by atoms with Crippen LogP contribution in [0.4, 0.5) is 0 Å². The van der Waals surface area contributed by atoms with Crippen LogP contribution >= 0.6 is 22.9 Å². The molecule has 3 rings (SSSR count). The van der Waals surface area contributed by atoms with Crippen molar-refractivity contribution in [3.05, 3.63) is 39.5 Å². The highest BCUT2D eigenvalue weighted by molar-refractivity contribution is 7.18. The molecule has 0 aliphatic heterocycles. The molecule has 3 heterocycles. The molecule has 20 heavy (non-hydrogen) atoms. The van der Waals surface area contributed by atoms with Crippen molar-refractivity contribution in [3.63, 3.8) is 0 Å². The predicted molar refractivity (Wildman–Crippen MR) is 84.5 cm³/mol. The molecular formula is C15H14ClN3S. The van der Waals surface area contributed by atoms with E-state index in [1.165, 1.54) is 10.4 Å². The van der Waals surface area contributed by atoms with Gasteiger partial charge in [-0.1, -0.05) is 24.6 Å². The molecule has 0 spiro atoms. The summed E-state index contributed by atoms with van der Waals surface area (Å²) in [5, 5.41) is 1.48. The van der Waals surface area contributed by atoms with Gasteiger partial charge in [-0.15, -0.1) is 11.3 Å². The maximum Gasteiger partial charge on any atom is 0.181 e. The molecule has 3 aromatic heterocycles. The van der Waals surface area contributed by atoms with E-state index in [1.807, 2.05) is 6.07 Å². The predicted octanol–water partition coefficient (Wildman–Crippen LogP) is 4.59. The Morgan fingerprint density at radius 2 is 2.05 bits per heavy atom. The van der Waals surface area contributed by atoms with Gasteiger partial charge in [-0.05, 0) is 37.5 Å². The van der Waals surface area contributed by atoms with Gasteiger partial charge in [0.1, 0.15) is 15.7 Å². The molecule has 0 fully saturated rings. The molecule has 3 nitrogen and oxygen atoms in total. The fraction of sp³-hybridized carbons (Fsp3) is 0.267. The third-order valence-corrected chi connectivity index (χ3v) is 4.84. The second kappa shape index (κ2) is 5.11. The van der Waals surface area contributed by atoms with E-state index in [9.17, 15) is 0 Å². The van der Waals surface area contributed by atoms with E-state index in [0.29, 0.717) is 11.0 Å². The van der Waals surface area contributed by atoms with Crippen LogP contribution in [-0.4, -0.2) is 15.0 Å². The van der Waals surface area contributed by atoms with Gasteiger partial charge in [-0.2, -0.15) is 0 Å². The normalized spacial score (nSPS) is 11.2. The number of nitrogens with zero attached hydrogens (tertiary/aromatic N) is 3. The first-order chi connectivity index (χ1) is 9.61. The van der Waals surface area contributed by atoms with Crippen LogP contribution in [0.2, 0.25) is 5.15 Å². The summed E-state index contributed by atoms with van der Waals surface area (Å²) in [6.07, 6.45) is 2.66. The first-order valence-electron chi connectivity index (χ1n) is 6.49. The van der Waals surface area contributed by atoms with Gasteiger partial charge >= 0.3 is 0 Å². The lowest BCUT2D eigenvalue weighted by molar-refractivity contribution is 1.08. The molecule has 5 heteroatoms. The fourth-order valence-electron chi connectivity index (χ4n) is 2.23. The van der Waals surface area contributed by atoms with E-state index in [4.69, 9.17) is 11.6 Å². The highest BCUT2D eigenvalue weighted by Crippen LogP contribution is 2.34. The Labute approximate surface area is 126 Å². The van der Waals surface area contributed by atoms with E-state index >= 15 is 0 Å². The lowest BCUT2D eigenvalue weighted by atomic mass is 10.1. The molecule has 0 bridgehead atoms. The highest BCUT2D eigenvalue weighted by Gasteiger charge is 2.16. The molecule has 0 unspecified atom stereocenters. The Morgan fingerprint density at radius 3 is 2.80 bits per heavy atom. The topological polar surface area (TPSA) is 38.7 Å². The molecule has 0 radical (unpaired) electrons. The fourth-order valence-corrected chi connectivity index (χ4v) is 3.63. The van der Waals surface area contributed by atoms with E-state index in [2.05, 4.69) is 41.8 Å². The molecule has 3 aromatic rings. The third-order valence-electron chi connectivity index (χ3n) is 3.47. The van der Waals surface area contributed by atoms with Gasteiger partial charge < -0.3 is 0 Å². The standard InChI is InChI=1S/C15H14ClN3S/c1-4-10-6-5-7-17-12(10)14-18-13(16)11-8(2)9(3)20-15(11)19-14/h5-7H,4H2,1-3H3. The van der Waals surface area contributed by atoms with Gasteiger partial charge in [0, 0.05) is 11.1 Å². The van der Waals surface area contributed by atoms with Crippen molar-refractivity contribution in [2.45, 2.75) is 27.2 Å². The molecule has 0 saturated carbocycles. The molecule has 0 atom stereocenters. The molecule has 0 amide bonds. The minimum atomic E-state index is 0.513. The van der Waals surface area contributed by atoms with E-state index in [1.54, 1.807) is 17.5 Å². The number of thiophene rings is 1. The van der Waals surface area contributed by atoms with Gasteiger partial charge in [0.15, 0.2) is 5.82 Å². The summed E-state index contributed by atoms with van der Waals surface area (Å²) in [5.74, 6) is 0.612. The zero-order valence-electron chi connectivity index (χ0n) is 11.6. The van der Waals surface area contributed by atoms with Gasteiger partial charge in [0.25, 0.3) is 0 Å². The number of pyridine rings is 1. The SMILES string of the molecule is CCc1cccnc1-c1nc(Cl)c2c(C)c(C)sc2n1. The quantitative estimate of drug-likeness (QED) is 0.650. The number of rotatable bonds is 2. The lowest BCUT2D eigenvalue weighted by Gasteiger charge is -2.06. The zero-order valence-corrected chi connectivity index (χ0v) is 13.1. The number of fused-ring (bicyclic) bond motifs is 1. The molecule has 0 aromatic carbocycles. The number of hydrogen-bond donors (Lipinski definition) is 0. The van der Waals surface area contributed by atoms with Crippen LogP contribution in [0.5, 0.6) is 0 Å². The van der Waals surface area contributed by atoms with E-state index < -0.39 is 0 Å². The van der Waals surface area contributed by atoms with Crippen molar-refractivity contribution in [1.29, 1.82) is 0 Å². The number of halogens is 1. The molecule has 0 N–H and O–H groups in total. The zero-order chi connectivity index (χ0) is 14.3. The molecular weight excluding hydrogens is 290 g/mol. The Hall–Kier alpha value is -1.52. The van der Waals surface area contributed by atoms with Crippen LogP contribution in [-0.2, 0) is 6.42 Å². The van der Waals surface area contributed by atoms with Crippen molar-refractivity contribution >= 4 is 33.2 Å². The van der Waals surface area contributed by atoms with Crippen molar-refractivity contribution in [3.8, 4) is 11.5 Å². The summed E-state index contributed by atoms with van der Waals surface area (Å²) in [5.41, 5.74) is 3.12. The summed E-state index contributed by atoms with van der Waals surface area (Å²) in [7, 11) is 0. The average molecular weight is 304 g/mol.